The van der Waals surface area contributed by atoms with Crippen LogP contribution < -0.4 is 10.6 Å². The second-order valence-corrected chi connectivity index (χ2v) is 3.45. The summed E-state index contributed by atoms with van der Waals surface area (Å²) < 4.78 is 0. The summed E-state index contributed by atoms with van der Waals surface area (Å²) in [6.07, 6.45) is 4.18. The molecule has 82 valence electrons. The molecule has 1 unspecified atom stereocenters. The number of anilines is 1. The minimum Gasteiger partial charge on any atom is -0.386 e. The third-order valence-electron chi connectivity index (χ3n) is 2.32. The zero-order valence-electron chi connectivity index (χ0n) is 9.37. The van der Waals surface area contributed by atoms with Gasteiger partial charge in [0.25, 0.3) is 5.91 Å². The lowest BCUT2D eigenvalue weighted by Gasteiger charge is -2.13. The Morgan fingerprint density at radius 3 is 2.93 bits per heavy atom. The SMILES string of the molecule is CCC(C)NC(=O)c1ccncc1NC. The maximum Gasteiger partial charge on any atom is 0.253 e. The standard InChI is InChI=1S/C11H17N3O/c1-4-8(2)14-11(15)9-5-6-13-7-10(9)12-3/h5-8,12H,4H2,1-3H3,(H,14,15). The van der Waals surface area contributed by atoms with Crippen LogP contribution in [-0.2, 0) is 0 Å². The molecule has 1 atom stereocenters. The summed E-state index contributed by atoms with van der Waals surface area (Å²) in [6, 6.07) is 1.90. The second-order valence-electron chi connectivity index (χ2n) is 3.45. The molecule has 0 fully saturated rings. The molecule has 1 rings (SSSR count). The van der Waals surface area contributed by atoms with E-state index in [0.29, 0.717) is 5.56 Å². The van der Waals surface area contributed by atoms with Crippen LogP contribution in [0.25, 0.3) is 0 Å². The molecule has 1 amide bonds. The summed E-state index contributed by atoms with van der Waals surface area (Å²) >= 11 is 0. The quantitative estimate of drug-likeness (QED) is 0.789. The van der Waals surface area contributed by atoms with Crippen LogP contribution in [0.3, 0.4) is 0 Å². The van der Waals surface area contributed by atoms with Gasteiger partial charge in [0.2, 0.25) is 0 Å². The maximum absolute atomic E-state index is 11.8. The number of carbonyl (C=O) groups is 1. The Balaban J connectivity index is 2.81. The number of amides is 1. The van der Waals surface area contributed by atoms with Gasteiger partial charge in [0.1, 0.15) is 0 Å². The molecule has 4 nitrogen and oxygen atoms in total. The average molecular weight is 207 g/mol. The van der Waals surface area contributed by atoms with Crippen molar-refractivity contribution in [1.82, 2.24) is 10.3 Å². The first kappa shape index (κ1) is 11.5. The zero-order chi connectivity index (χ0) is 11.3. The molecule has 2 N–H and O–H groups in total. The smallest absolute Gasteiger partial charge is 0.253 e. The zero-order valence-corrected chi connectivity index (χ0v) is 9.37. The van der Waals surface area contributed by atoms with E-state index in [1.165, 1.54) is 0 Å². The van der Waals surface area contributed by atoms with Crippen molar-refractivity contribution >= 4 is 11.6 Å². The fraction of sp³-hybridized carbons (Fsp3) is 0.455. The highest BCUT2D eigenvalue weighted by molar-refractivity contribution is 5.99. The van der Waals surface area contributed by atoms with E-state index in [2.05, 4.69) is 15.6 Å². The molecular formula is C11H17N3O. The minimum atomic E-state index is -0.0592. The predicted octanol–water partition coefficient (Wildman–Crippen LogP) is 1.65. The Kier molecular flexibility index (Phi) is 4.09. The van der Waals surface area contributed by atoms with Crippen LogP contribution in [0.5, 0.6) is 0 Å². The average Bonchev–Trinajstić information content (AvgIpc) is 2.28. The minimum absolute atomic E-state index is 0.0592. The first-order chi connectivity index (χ1) is 7.19. The molecule has 0 radical (unpaired) electrons. The van der Waals surface area contributed by atoms with Gasteiger partial charge in [-0.3, -0.25) is 9.78 Å². The molecule has 1 aromatic rings. The van der Waals surface area contributed by atoms with Crippen LogP contribution in [0, 0.1) is 0 Å². The van der Waals surface area contributed by atoms with E-state index in [1.807, 2.05) is 13.8 Å². The number of hydrogen-bond donors (Lipinski definition) is 2. The van der Waals surface area contributed by atoms with Crippen molar-refractivity contribution in [3.05, 3.63) is 24.0 Å². The van der Waals surface area contributed by atoms with E-state index in [0.717, 1.165) is 12.1 Å². The third kappa shape index (κ3) is 2.94. The molecule has 0 saturated heterocycles. The Hall–Kier alpha value is -1.58. The van der Waals surface area contributed by atoms with Gasteiger partial charge in [0.05, 0.1) is 17.4 Å². The summed E-state index contributed by atoms with van der Waals surface area (Å²) in [6.45, 7) is 4.02. The van der Waals surface area contributed by atoms with Gasteiger partial charge in [-0.25, -0.2) is 0 Å². The summed E-state index contributed by atoms with van der Waals surface area (Å²) in [5.41, 5.74) is 1.38. The number of carbonyl (C=O) groups excluding carboxylic acids is 1. The van der Waals surface area contributed by atoms with Crippen LogP contribution in [-0.4, -0.2) is 24.0 Å². The van der Waals surface area contributed by atoms with Crippen LogP contribution in [0.4, 0.5) is 5.69 Å². The molecule has 1 aromatic heterocycles. The monoisotopic (exact) mass is 207 g/mol. The van der Waals surface area contributed by atoms with Crippen LogP contribution >= 0.6 is 0 Å². The van der Waals surface area contributed by atoms with Crippen LogP contribution in [0.1, 0.15) is 30.6 Å². The Morgan fingerprint density at radius 1 is 1.60 bits per heavy atom. The van der Waals surface area contributed by atoms with Gasteiger partial charge in [-0.15, -0.1) is 0 Å². The normalized spacial score (nSPS) is 11.9. The molecule has 0 spiro atoms. The fourth-order valence-electron chi connectivity index (χ4n) is 1.20. The summed E-state index contributed by atoms with van der Waals surface area (Å²) in [4.78, 5) is 15.8. The van der Waals surface area contributed by atoms with E-state index in [4.69, 9.17) is 0 Å². The Bertz CT molecular complexity index is 338. The fourth-order valence-corrected chi connectivity index (χ4v) is 1.20. The van der Waals surface area contributed by atoms with Crippen LogP contribution in [0.15, 0.2) is 18.5 Å². The van der Waals surface area contributed by atoms with Gasteiger partial charge in [0.15, 0.2) is 0 Å². The Morgan fingerprint density at radius 2 is 2.33 bits per heavy atom. The molecule has 15 heavy (non-hydrogen) atoms. The van der Waals surface area contributed by atoms with Crippen molar-refractivity contribution in [3.8, 4) is 0 Å². The van der Waals surface area contributed by atoms with E-state index in [-0.39, 0.29) is 11.9 Å². The highest BCUT2D eigenvalue weighted by Gasteiger charge is 2.11. The van der Waals surface area contributed by atoms with Gasteiger partial charge in [-0.2, -0.15) is 0 Å². The van der Waals surface area contributed by atoms with Gasteiger partial charge >= 0.3 is 0 Å². The number of hydrogen-bond acceptors (Lipinski definition) is 3. The predicted molar refractivity (Wildman–Crippen MR) is 61.0 cm³/mol. The third-order valence-corrected chi connectivity index (χ3v) is 2.32. The highest BCUT2D eigenvalue weighted by atomic mass is 16.1. The molecule has 0 aliphatic heterocycles. The molecule has 0 bridgehead atoms. The lowest BCUT2D eigenvalue weighted by molar-refractivity contribution is 0.0940. The molecule has 4 heteroatoms. The van der Waals surface area contributed by atoms with Crippen molar-refractivity contribution in [2.45, 2.75) is 26.3 Å². The number of aromatic nitrogens is 1. The van der Waals surface area contributed by atoms with Crippen molar-refractivity contribution in [2.75, 3.05) is 12.4 Å². The van der Waals surface area contributed by atoms with Crippen molar-refractivity contribution in [2.24, 2.45) is 0 Å². The van der Waals surface area contributed by atoms with Gasteiger partial charge in [-0.05, 0) is 19.4 Å². The highest BCUT2D eigenvalue weighted by Crippen LogP contribution is 2.12. The summed E-state index contributed by atoms with van der Waals surface area (Å²) in [7, 11) is 1.77. The summed E-state index contributed by atoms with van der Waals surface area (Å²) in [5.74, 6) is -0.0592. The Labute approximate surface area is 90.1 Å². The first-order valence-corrected chi connectivity index (χ1v) is 5.11. The number of rotatable bonds is 4. The van der Waals surface area contributed by atoms with E-state index < -0.39 is 0 Å². The second kappa shape index (κ2) is 5.34. The van der Waals surface area contributed by atoms with Gasteiger partial charge in [-0.1, -0.05) is 6.92 Å². The number of nitrogens with zero attached hydrogens (tertiary/aromatic N) is 1. The van der Waals surface area contributed by atoms with E-state index in [9.17, 15) is 4.79 Å². The largest absolute Gasteiger partial charge is 0.386 e. The lowest BCUT2D eigenvalue weighted by Crippen LogP contribution is -2.32. The first-order valence-electron chi connectivity index (χ1n) is 5.11. The van der Waals surface area contributed by atoms with Crippen molar-refractivity contribution in [1.29, 1.82) is 0 Å². The van der Waals surface area contributed by atoms with Crippen molar-refractivity contribution < 1.29 is 4.79 Å². The summed E-state index contributed by atoms with van der Waals surface area (Å²) in [5, 5.41) is 5.86. The molecule has 1 heterocycles. The van der Waals surface area contributed by atoms with E-state index in [1.54, 1.807) is 25.5 Å². The lowest BCUT2D eigenvalue weighted by atomic mass is 10.2. The van der Waals surface area contributed by atoms with Gasteiger partial charge in [0, 0.05) is 19.3 Å². The topological polar surface area (TPSA) is 54.0 Å². The number of pyridine rings is 1. The maximum atomic E-state index is 11.8. The molecule has 0 aliphatic rings. The molecule has 0 aromatic carbocycles. The molecule has 0 saturated carbocycles. The van der Waals surface area contributed by atoms with Crippen molar-refractivity contribution in [3.63, 3.8) is 0 Å². The van der Waals surface area contributed by atoms with Crippen LogP contribution in [0.2, 0.25) is 0 Å². The van der Waals surface area contributed by atoms with E-state index >= 15 is 0 Å². The molecule has 0 aliphatic carbocycles. The molecular weight excluding hydrogens is 190 g/mol. The number of nitrogens with one attached hydrogen (secondary N) is 2. The van der Waals surface area contributed by atoms with Gasteiger partial charge < -0.3 is 10.6 Å².